The summed E-state index contributed by atoms with van der Waals surface area (Å²) in [5.41, 5.74) is 8.05. The summed E-state index contributed by atoms with van der Waals surface area (Å²) in [5, 5.41) is 0.699. The Hall–Kier alpha value is -2.15. The lowest BCUT2D eigenvalue weighted by Crippen LogP contribution is -2.34. The number of aromatic nitrogens is 2. The highest BCUT2D eigenvalue weighted by Crippen LogP contribution is 2.21. The molecule has 0 aliphatic carbocycles. The molecule has 1 saturated heterocycles. The Morgan fingerprint density at radius 1 is 1.39 bits per heavy atom. The third-order valence-electron chi connectivity index (χ3n) is 3.97. The molecule has 1 aromatic heterocycles. The number of ketones is 1. The molecule has 0 bridgehead atoms. The number of nitrogens with zero attached hydrogens (tertiary/aromatic N) is 3. The number of likely N-dealkylation sites (tertiary alicyclic amines) is 1. The number of hydrogen-bond donors (Lipinski definition) is 2. The molecular weight excluding hydrogens is 310 g/mol. The average molecular weight is 333 g/mol. The highest BCUT2D eigenvalue weighted by atomic mass is 32.1. The lowest BCUT2D eigenvalue weighted by molar-refractivity contribution is -0.121. The highest BCUT2D eigenvalue weighted by molar-refractivity contribution is 7.09. The molecule has 1 aliphatic heterocycles. The smallest absolute Gasteiger partial charge is 0.221 e. The number of nitrogens with one attached hydrogen (secondary N) is 2. The minimum Gasteiger partial charge on any atom is -0.375 e. The van der Waals surface area contributed by atoms with Crippen molar-refractivity contribution in [3.05, 3.63) is 42.5 Å². The van der Waals surface area contributed by atoms with Crippen LogP contribution >= 0.6 is 11.5 Å². The fourth-order valence-electron chi connectivity index (χ4n) is 2.47. The van der Waals surface area contributed by atoms with Crippen molar-refractivity contribution >= 4 is 22.4 Å². The van der Waals surface area contributed by atoms with Crippen LogP contribution in [-0.4, -0.2) is 33.1 Å². The second kappa shape index (κ2) is 8.47. The SMILES string of the molecule is C=C/C(=C\C=C(/C)N1CCC(C(C)=O)CC1)NNc1ncns1. The molecule has 6 nitrogen and oxygen atoms in total. The van der Waals surface area contributed by atoms with Crippen molar-refractivity contribution in [3.63, 3.8) is 0 Å². The second-order valence-corrected chi connectivity index (χ2v) is 6.28. The van der Waals surface area contributed by atoms with E-state index in [1.807, 2.05) is 6.08 Å². The molecule has 124 valence electrons. The van der Waals surface area contributed by atoms with Crippen LogP contribution in [0.15, 0.2) is 42.5 Å². The van der Waals surface area contributed by atoms with E-state index in [2.05, 4.69) is 44.7 Å². The van der Waals surface area contributed by atoms with E-state index in [0.29, 0.717) is 10.9 Å². The van der Waals surface area contributed by atoms with Crippen LogP contribution in [0.1, 0.15) is 26.7 Å². The van der Waals surface area contributed by atoms with Gasteiger partial charge in [0.15, 0.2) is 0 Å². The molecule has 0 unspecified atom stereocenters. The summed E-state index contributed by atoms with van der Waals surface area (Å²) < 4.78 is 3.92. The molecule has 2 rings (SSSR count). The fourth-order valence-corrected chi connectivity index (χ4v) is 2.85. The average Bonchev–Trinajstić information content (AvgIpc) is 3.08. The molecule has 0 saturated carbocycles. The maximum absolute atomic E-state index is 11.4. The molecule has 7 heteroatoms. The molecule has 0 amide bonds. The number of carbonyl (C=O) groups excluding carboxylic acids is 1. The van der Waals surface area contributed by atoms with Gasteiger partial charge in [-0.15, -0.1) is 0 Å². The van der Waals surface area contributed by atoms with Gasteiger partial charge in [-0.05, 0) is 44.9 Å². The van der Waals surface area contributed by atoms with Crippen molar-refractivity contribution in [3.8, 4) is 0 Å². The van der Waals surface area contributed by atoms with Gasteiger partial charge in [-0.2, -0.15) is 4.37 Å². The first kappa shape index (κ1) is 17.2. The first-order valence-corrected chi connectivity index (χ1v) is 8.42. The maximum atomic E-state index is 11.4. The number of hydrogen-bond acceptors (Lipinski definition) is 7. The fraction of sp³-hybridized carbons (Fsp3) is 0.438. The monoisotopic (exact) mass is 333 g/mol. The van der Waals surface area contributed by atoms with E-state index in [1.54, 1.807) is 13.0 Å². The molecule has 0 aromatic carbocycles. The van der Waals surface area contributed by atoms with Gasteiger partial charge in [0.05, 0.1) is 5.70 Å². The molecule has 0 radical (unpaired) electrons. The number of rotatable bonds is 7. The lowest BCUT2D eigenvalue weighted by Gasteiger charge is -2.33. The van der Waals surface area contributed by atoms with Gasteiger partial charge < -0.3 is 4.90 Å². The summed E-state index contributed by atoms with van der Waals surface area (Å²) >= 11 is 1.28. The van der Waals surface area contributed by atoms with E-state index in [-0.39, 0.29) is 5.92 Å². The van der Waals surface area contributed by atoms with E-state index < -0.39 is 0 Å². The standard InChI is InChI=1S/C16H23N5OS/c1-4-15(19-20-16-17-11-18-23-16)6-5-12(2)21-9-7-14(8-10-21)13(3)22/h4-6,11,14,19H,1,7-10H2,2-3H3,(H,17,18,20)/b12-5+,15-6+. The summed E-state index contributed by atoms with van der Waals surface area (Å²) in [6.07, 6.45) is 9.14. The lowest BCUT2D eigenvalue weighted by atomic mass is 9.93. The summed E-state index contributed by atoms with van der Waals surface area (Å²) in [6.45, 7) is 9.44. The van der Waals surface area contributed by atoms with Gasteiger partial charge in [-0.3, -0.25) is 15.6 Å². The molecule has 1 fully saturated rings. The van der Waals surface area contributed by atoms with Crippen molar-refractivity contribution in [2.75, 3.05) is 18.5 Å². The van der Waals surface area contributed by atoms with E-state index >= 15 is 0 Å². The number of hydrazine groups is 1. The molecule has 23 heavy (non-hydrogen) atoms. The predicted molar refractivity (Wildman–Crippen MR) is 93.7 cm³/mol. The molecule has 2 N–H and O–H groups in total. The number of piperidine rings is 1. The zero-order valence-corrected chi connectivity index (χ0v) is 14.4. The Morgan fingerprint density at radius 3 is 2.70 bits per heavy atom. The van der Waals surface area contributed by atoms with Gasteiger partial charge in [0.25, 0.3) is 0 Å². The third-order valence-corrected chi connectivity index (χ3v) is 4.55. The van der Waals surface area contributed by atoms with Crippen LogP contribution in [0.25, 0.3) is 0 Å². The molecule has 0 atom stereocenters. The van der Waals surface area contributed by atoms with Crippen molar-refractivity contribution in [2.45, 2.75) is 26.7 Å². The quantitative estimate of drug-likeness (QED) is 0.591. The number of allylic oxidation sites excluding steroid dienone is 4. The van der Waals surface area contributed by atoms with Crippen molar-refractivity contribution in [2.24, 2.45) is 5.92 Å². The van der Waals surface area contributed by atoms with E-state index in [1.165, 1.54) is 23.6 Å². The maximum Gasteiger partial charge on any atom is 0.221 e. The third kappa shape index (κ3) is 5.21. The minimum absolute atomic E-state index is 0.233. The van der Waals surface area contributed by atoms with Crippen molar-refractivity contribution in [1.29, 1.82) is 0 Å². The summed E-state index contributed by atoms with van der Waals surface area (Å²) in [5.74, 6) is 0.545. The Morgan fingerprint density at radius 2 is 2.13 bits per heavy atom. The normalized spacial score (nSPS) is 17.0. The molecule has 1 aromatic rings. The first-order valence-electron chi connectivity index (χ1n) is 7.65. The first-order chi connectivity index (χ1) is 11.1. The Balaban J connectivity index is 1.88. The summed E-state index contributed by atoms with van der Waals surface area (Å²) in [7, 11) is 0. The Labute approximate surface area is 141 Å². The van der Waals surface area contributed by atoms with Crippen LogP contribution in [0.5, 0.6) is 0 Å². The zero-order valence-electron chi connectivity index (χ0n) is 13.6. The van der Waals surface area contributed by atoms with Gasteiger partial charge in [0.2, 0.25) is 5.13 Å². The van der Waals surface area contributed by atoms with E-state index in [9.17, 15) is 4.79 Å². The largest absolute Gasteiger partial charge is 0.375 e. The zero-order chi connectivity index (χ0) is 16.7. The van der Waals surface area contributed by atoms with Crippen LogP contribution in [0, 0.1) is 5.92 Å². The second-order valence-electron chi connectivity index (χ2n) is 5.50. The molecule has 1 aliphatic rings. The van der Waals surface area contributed by atoms with Gasteiger partial charge >= 0.3 is 0 Å². The van der Waals surface area contributed by atoms with Crippen molar-refractivity contribution in [1.82, 2.24) is 19.7 Å². The minimum atomic E-state index is 0.233. The summed E-state index contributed by atoms with van der Waals surface area (Å²) in [4.78, 5) is 17.8. The van der Waals surface area contributed by atoms with E-state index in [4.69, 9.17) is 0 Å². The van der Waals surface area contributed by atoms with Gasteiger partial charge in [0, 0.05) is 36.2 Å². The molecule has 2 heterocycles. The predicted octanol–water partition coefficient (Wildman–Crippen LogP) is 2.73. The van der Waals surface area contributed by atoms with Crippen LogP contribution in [0.2, 0.25) is 0 Å². The van der Waals surface area contributed by atoms with Crippen molar-refractivity contribution < 1.29 is 4.79 Å². The van der Waals surface area contributed by atoms with E-state index in [0.717, 1.165) is 31.6 Å². The Kier molecular flexibility index (Phi) is 6.34. The topological polar surface area (TPSA) is 70.2 Å². The van der Waals surface area contributed by atoms with Gasteiger partial charge in [-0.25, -0.2) is 4.98 Å². The number of carbonyl (C=O) groups is 1. The van der Waals surface area contributed by atoms with Gasteiger partial charge in [0.1, 0.15) is 12.1 Å². The van der Waals surface area contributed by atoms with Crippen LogP contribution < -0.4 is 10.9 Å². The van der Waals surface area contributed by atoms with Crippen LogP contribution in [-0.2, 0) is 4.79 Å². The Bertz CT molecular complexity index is 586. The van der Waals surface area contributed by atoms with Gasteiger partial charge in [-0.1, -0.05) is 6.58 Å². The number of Topliss-reactive ketones (excluding diaryl/α,β-unsaturated/α-hetero) is 1. The highest BCUT2D eigenvalue weighted by Gasteiger charge is 2.21. The summed E-state index contributed by atoms with van der Waals surface area (Å²) in [6, 6.07) is 0. The number of anilines is 1. The van der Waals surface area contributed by atoms with Crippen LogP contribution in [0.4, 0.5) is 5.13 Å². The molecule has 0 spiro atoms. The van der Waals surface area contributed by atoms with Crippen LogP contribution in [0.3, 0.4) is 0 Å². The molecular formula is C16H23N5OS.